The SMILES string of the molecule is Cc1cc(Cl)ccc1OC(C)C(=O)NCc1ccccc1Cl. The molecule has 1 unspecified atom stereocenters. The lowest BCUT2D eigenvalue weighted by atomic mass is 10.2. The predicted octanol–water partition coefficient (Wildman–Crippen LogP) is 4.39. The number of nitrogens with one attached hydrogen (secondary N) is 1. The summed E-state index contributed by atoms with van der Waals surface area (Å²) in [4.78, 5) is 12.1. The van der Waals surface area contributed by atoms with Gasteiger partial charge < -0.3 is 10.1 Å². The van der Waals surface area contributed by atoms with Gasteiger partial charge in [-0.05, 0) is 49.2 Å². The molecule has 0 spiro atoms. The van der Waals surface area contributed by atoms with E-state index < -0.39 is 6.10 Å². The molecule has 3 nitrogen and oxygen atoms in total. The fraction of sp³-hybridized carbons (Fsp3) is 0.235. The van der Waals surface area contributed by atoms with Crippen LogP contribution in [0.2, 0.25) is 10.0 Å². The van der Waals surface area contributed by atoms with E-state index in [2.05, 4.69) is 5.32 Å². The van der Waals surface area contributed by atoms with Crippen molar-refractivity contribution >= 4 is 29.1 Å². The van der Waals surface area contributed by atoms with Crippen LogP contribution in [0.5, 0.6) is 5.75 Å². The molecule has 2 aromatic carbocycles. The quantitative estimate of drug-likeness (QED) is 0.878. The molecule has 2 aromatic rings. The largest absolute Gasteiger partial charge is 0.481 e. The molecule has 0 aliphatic rings. The van der Waals surface area contributed by atoms with E-state index in [0.29, 0.717) is 22.3 Å². The highest BCUT2D eigenvalue weighted by Gasteiger charge is 2.15. The first-order valence-electron chi connectivity index (χ1n) is 6.91. The molecule has 0 bridgehead atoms. The van der Waals surface area contributed by atoms with Crippen LogP contribution in [0.3, 0.4) is 0 Å². The molecule has 0 aliphatic heterocycles. The first-order chi connectivity index (χ1) is 10.5. The van der Waals surface area contributed by atoms with E-state index in [9.17, 15) is 4.79 Å². The van der Waals surface area contributed by atoms with Crippen LogP contribution >= 0.6 is 23.2 Å². The van der Waals surface area contributed by atoms with Crippen LogP contribution in [0.25, 0.3) is 0 Å². The number of rotatable bonds is 5. The van der Waals surface area contributed by atoms with Gasteiger partial charge in [-0.25, -0.2) is 0 Å². The molecule has 1 N–H and O–H groups in total. The second-order valence-electron chi connectivity index (χ2n) is 4.98. The lowest BCUT2D eigenvalue weighted by Gasteiger charge is -2.16. The van der Waals surface area contributed by atoms with Crippen LogP contribution in [-0.4, -0.2) is 12.0 Å². The summed E-state index contributed by atoms with van der Waals surface area (Å²) in [6.45, 7) is 3.96. The normalized spacial score (nSPS) is 11.8. The highest BCUT2D eigenvalue weighted by Crippen LogP contribution is 2.23. The molecule has 2 rings (SSSR count). The fourth-order valence-corrected chi connectivity index (χ4v) is 2.39. The molecular formula is C17H17Cl2NO2. The van der Waals surface area contributed by atoms with Crippen molar-refractivity contribution < 1.29 is 9.53 Å². The van der Waals surface area contributed by atoms with Gasteiger partial charge in [0.2, 0.25) is 0 Å². The molecule has 1 atom stereocenters. The monoisotopic (exact) mass is 337 g/mol. The van der Waals surface area contributed by atoms with E-state index >= 15 is 0 Å². The molecule has 116 valence electrons. The van der Waals surface area contributed by atoms with Crippen LogP contribution in [0.15, 0.2) is 42.5 Å². The zero-order valence-corrected chi connectivity index (χ0v) is 13.9. The number of halogens is 2. The molecule has 0 saturated heterocycles. The van der Waals surface area contributed by atoms with Crippen molar-refractivity contribution in [2.75, 3.05) is 0 Å². The van der Waals surface area contributed by atoms with Crippen LogP contribution in [0.1, 0.15) is 18.1 Å². The van der Waals surface area contributed by atoms with Gasteiger partial charge in [-0.3, -0.25) is 4.79 Å². The Balaban J connectivity index is 1.93. The number of carbonyl (C=O) groups excluding carboxylic acids is 1. The Morgan fingerprint density at radius 3 is 2.64 bits per heavy atom. The Kier molecular flexibility index (Phi) is 5.69. The molecule has 0 heterocycles. The van der Waals surface area contributed by atoms with Gasteiger partial charge in [0, 0.05) is 16.6 Å². The van der Waals surface area contributed by atoms with Gasteiger partial charge in [-0.1, -0.05) is 41.4 Å². The number of ether oxygens (including phenoxy) is 1. The Labute approximate surface area is 140 Å². The summed E-state index contributed by atoms with van der Waals surface area (Å²) in [5.41, 5.74) is 1.76. The third-order valence-electron chi connectivity index (χ3n) is 3.22. The first-order valence-corrected chi connectivity index (χ1v) is 7.67. The Bertz CT molecular complexity index is 673. The number of carbonyl (C=O) groups is 1. The number of benzene rings is 2. The van der Waals surface area contributed by atoms with E-state index in [1.165, 1.54) is 0 Å². The van der Waals surface area contributed by atoms with Crippen molar-refractivity contribution in [3.63, 3.8) is 0 Å². The number of hydrogen-bond donors (Lipinski definition) is 1. The van der Waals surface area contributed by atoms with E-state index in [1.54, 1.807) is 31.2 Å². The fourth-order valence-electron chi connectivity index (χ4n) is 1.96. The smallest absolute Gasteiger partial charge is 0.261 e. The maximum Gasteiger partial charge on any atom is 0.261 e. The minimum absolute atomic E-state index is 0.200. The lowest BCUT2D eigenvalue weighted by molar-refractivity contribution is -0.127. The van der Waals surface area contributed by atoms with Crippen molar-refractivity contribution in [1.82, 2.24) is 5.32 Å². The van der Waals surface area contributed by atoms with E-state index in [0.717, 1.165) is 11.1 Å². The van der Waals surface area contributed by atoms with Gasteiger partial charge in [0.15, 0.2) is 6.10 Å². The molecule has 0 radical (unpaired) electrons. The summed E-state index contributed by atoms with van der Waals surface area (Å²) in [5, 5.41) is 4.09. The molecule has 5 heteroatoms. The zero-order chi connectivity index (χ0) is 16.1. The minimum Gasteiger partial charge on any atom is -0.481 e. The highest BCUT2D eigenvalue weighted by atomic mass is 35.5. The van der Waals surface area contributed by atoms with Crippen molar-refractivity contribution in [2.24, 2.45) is 0 Å². The third-order valence-corrected chi connectivity index (χ3v) is 3.82. The lowest BCUT2D eigenvalue weighted by Crippen LogP contribution is -2.36. The van der Waals surface area contributed by atoms with Crippen LogP contribution in [0, 0.1) is 6.92 Å². The van der Waals surface area contributed by atoms with Gasteiger partial charge in [-0.2, -0.15) is 0 Å². The summed E-state index contributed by atoms with van der Waals surface area (Å²) >= 11 is 12.0. The predicted molar refractivity (Wildman–Crippen MR) is 89.6 cm³/mol. The summed E-state index contributed by atoms with van der Waals surface area (Å²) in [6.07, 6.45) is -0.609. The summed E-state index contributed by atoms with van der Waals surface area (Å²) in [5.74, 6) is 0.444. The standard InChI is InChI=1S/C17H17Cl2NO2/c1-11-9-14(18)7-8-16(11)22-12(2)17(21)20-10-13-5-3-4-6-15(13)19/h3-9,12H,10H2,1-2H3,(H,20,21). The van der Waals surface area contributed by atoms with E-state index in [-0.39, 0.29) is 5.91 Å². The van der Waals surface area contributed by atoms with Gasteiger partial charge in [0.05, 0.1) is 0 Å². The second kappa shape index (κ2) is 7.52. The average Bonchev–Trinajstić information content (AvgIpc) is 2.49. The molecule has 0 fully saturated rings. The van der Waals surface area contributed by atoms with Crippen molar-refractivity contribution in [3.8, 4) is 5.75 Å². The Morgan fingerprint density at radius 1 is 1.23 bits per heavy atom. The highest BCUT2D eigenvalue weighted by molar-refractivity contribution is 6.31. The van der Waals surface area contributed by atoms with Gasteiger partial charge in [-0.15, -0.1) is 0 Å². The van der Waals surface area contributed by atoms with Crippen LogP contribution < -0.4 is 10.1 Å². The van der Waals surface area contributed by atoms with Crippen molar-refractivity contribution in [3.05, 3.63) is 63.6 Å². The second-order valence-corrected chi connectivity index (χ2v) is 5.82. The van der Waals surface area contributed by atoms with Crippen molar-refractivity contribution in [2.45, 2.75) is 26.5 Å². The maximum absolute atomic E-state index is 12.1. The van der Waals surface area contributed by atoms with Gasteiger partial charge in [0.25, 0.3) is 5.91 Å². The number of hydrogen-bond acceptors (Lipinski definition) is 2. The molecule has 0 aliphatic carbocycles. The third kappa shape index (κ3) is 4.39. The minimum atomic E-state index is -0.609. The molecular weight excluding hydrogens is 321 g/mol. The van der Waals surface area contributed by atoms with Crippen molar-refractivity contribution in [1.29, 1.82) is 0 Å². The zero-order valence-electron chi connectivity index (χ0n) is 12.4. The first kappa shape index (κ1) is 16.7. The van der Waals surface area contributed by atoms with E-state index in [4.69, 9.17) is 27.9 Å². The maximum atomic E-state index is 12.1. The summed E-state index contributed by atoms with van der Waals surface area (Å²) in [6, 6.07) is 12.7. The van der Waals surface area contributed by atoms with E-state index in [1.807, 2.05) is 25.1 Å². The van der Waals surface area contributed by atoms with Gasteiger partial charge in [0.1, 0.15) is 5.75 Å². The topological polar surface area (TPSA) is 38.3 Å². The van der Waals surface area contributed by atoms with Crippen LogP contribution in [0.4, 0.5) is 0 Å². The number of amides is 1. The Hall–Kier alpha value is -1.71. The molecule has 1 amide bonds. The molecule has 0 saturated carbocycles. The number of aryl methyl sites for hydroxylation is 1. The molecule has 22 heavy (non-hydrogen) atoms. The summed E-state index contributed by atoms with van der Waals surface area (Å²) in [7, 11) is 0. The average molecular weight is 338 g/mol. The van der Waals surface area contributed by atoms with Crippen LogP contribution in [-0.2, 0) is 11.3 Å². The Morgan fingerprint density at radius 2 is 1.95 bits per heavy atom. The van der Waals surface area contributed by atoms with Gasteiger partial charge >= 0.3 is 0 Å². The summed E-state index contributed by atoms with van der Waals surface area (Å²) < 4.78 is 5.68. The molecule has 0 aromatic heterocycles.